The van der Waals surface area contributed by atoms with E-state index in [1.807, 2.05) is 0 Å². The molecule has 1 amide bonds. The fourth-order valence-corrected chi connectivity index (χ4v) is 3.75. The maximum absolute atomic E-state index is 12.8. The highest BCUT2D eigenvalue weighted by Crippen LogP contribution is 2.59. The molecule has 1 spiro atoms. The van der Waals surface area contributed by atoms with Gasteiger partial charge >= 0.3 is 5.97 Å². The molecule has 1 atom stereocenters. The Kier molecular flexibility index (Phi) is 4.24. The van der Waals surface area contributed by atoms with Crippen molar-refractivity contribution in [2.24, 2.45) is 11.3 Å². The molecule has 1 aromatic rings. The molecule has 1 heterocycles. The number of aliphatic carboxylic acids is 1. The minimum absolute atomic E-state index is 0.0696. The highest BCUT2D eigenvalue weighted by atomic mass is 35.5. The zero-order chi connectivity index (χ0) is 17.5. The number of likely N-dealkylation sites (tertiary alicyclic amines) is 1. The molecule has 5 nitrogen and oxygen atoms in total. The second kappa shape index (κ2) is 5.96. The summed E-state index contributed by atoms with van der Waals surface area (Å²) in [5.41, 5.74) is -1.06. The van der Waals surface area contributed by atoms with Gasteiger partial charge in [0, 0.05) is 18.1 Å². The second-order valence-corrected chi connectivity index (χ2v) is 7.75. The van der Waals surface area contributed by atoms with E-state index in [2.05, 4.69) is 0 Å². The number of benzene rings is 1. The van der Waals surface area contributed by atoms with E-state index in [0.29, 0.717) is 23.9 Å². The largest absolute Gasteiger partial charge is 0.481 e. The van der Waals surface area contributed by atoms with Crippen LogP contribution in [0, 0.1) is 11.3 Å². The van der Waals surface area contributed by atoms with Gasteiger partial charge in [0.2, 0.25) is 0 Å². The van der Waals surface area contributed by atoms with Crippen molar-refractivity contribution in [1.82, 2.24) is 4.90 Å². The van der Waals surface area contributed by atoms with Crippen LogP contribution in [0.2, 0.25) is 5.02 Å². The van der Waals surface area contributed by atoms with Gasteiger partial charge in [0.25, 0.3) is 5.91 Å². The number of nitrogens with zero attached hydrogens (tertiary/aromatic N) is 1. The number of amides is 1. The first-order valence-electron chi connectivity index (χ1n) is 8.20. The first-order chi connectivity index (χ1) is 11.2. The van der Waals surface area contributed by atoms with Gasteiger partial charge in [0.1, 0.15) is 5.75 Å². The zero-order valence-corrected chi connectivity index (χ0v) is 14.7. The fraction of sp³-hybridized carbons (Fsp3) is 0.556. The van der Waals surface area contributed by atoms with E-state index in [-0.39, 0.29) is 17.2 Å². The molecule has 0 aromatic heterocycles. The number of piperidine rings is 1. The number of carbonyl (C=O) groups is 2. The monoisotopic (exact) mass is 351 g/mol. The molecule has 6 heteroatoms. The predicted octanol–water partition coefficient (Wildman–Crippen LogP) is 3.21. The van der Waals surface area contributed by atoms with Gasteiger partial charge in [-0.25, -0.2) is 0 Å². The van der Waals surface area contributed by atoms with Crippen molar-refractivity contribution in [3.63, 3.8) is 0 Å². The standard InChI is InChI=1S/C18H22ClNO4/c1-17(2,24-13-5-3-12(19)4-6-13)16(23)20-9-7-18(8-10-20)11-14(18)15(21)22/h3-6,14H,7-11H2,1-2H3,(H,21,22). The number of carboxylic acid groups (broad SMARTS) is 1. The quantitative estimate of drug-likeness (QED) is 0.904. The van der Waals surface area contributed by atoms with Gasteiger partial charge in [-0.2, -0.15) is 0 Å². The molecule has 1 unspecified atom stereocenters. The Labute approximate surface area is 146 Å². The third-order valence-corrected chi connectivity index (χ3v) is 5.49. The number of hydrogen-bond donors (Lipinski definition) is 1. The van der Waals surface area contributed by atoms with E-state index in [1.165, 1.54) is 0 Å². The van der Waals surface area contributed by atoms with Crippen LogP contribution in [0.3, 0.4) is 0 Å². The second-order valence-electron chi connectivity index (χ2n) is 7.32. The van der Waals surface area contributed by atoms with Gasteiger partial charge in [0.05, 0.1) is 5.92 Å². The Morgan fingerprint density at radius 2 is 1.83 bits per heavy atom. The minimum Gasteiger partial charge on any atom is -0.481 e. The van der Waals surface area contributed by atoms with E-state index < -0.39 is 11.6 Å². The van der Waals surface area contributed by atoms with Crippen molar-refractivity contribution in [2.45, 2.75) is 38.7 Å². The van der Waals surface area contributed by atoms with Crippen molar-refractivity contribution in [1.29, 1.82) is 0 Å². The molecule has 1 saturated heterocycles. The molecule has 0 bridgehead atoms. The van der Waals surface area contributed by atoms with Gasteiger partial charge < -0.3 is 14.7 Å². The summed E-state index contributed by atoms with van der Waals surface area (Å²) in [7, 11) is 0. The molecular formula is C18H22ClNO4. The summed E-state index contributed by atoms with van der Waals surface area (Å²) in [5.74, 6) is -0.409. The van der Waals surface area contributed by atoms with Gasteiger partial charge in [-0.3, -0.25) is 9.59 Å². The third-order valence-electron chi connectivity index (χ3n) is 5.24. The Hall–Kier alpha value is -1.75. The van der Waals surface area contributed by atoms with Crippen LogP contribution in [0.1, 0.15) is 33.1 Å². The summed E-state index contributed by atoms with van der Waals surface area (Å²) in [6, 6.07) is 6.93. The number of halogens is 1. The van der Waals surface area contributed by atoms with Crippen LogP contribution in [0.5, 0.6) is 5.75 Å². The van der Waals surface area contributed by atoms with Crippen LogP contribution in [0.15, 0.2) is 24.3 Å². The molecule has 3 rings (SSSR count). The van der Waals surface area contributed by atoms with Crippen molar-refractivity contribution in [3.05, 3.63) is 29.3 Å². The zero-order valence-electron chi connectivity index (χ0n) is 13.9. The smallest absolute Gasteiger partial charge is 0.307 e. The Balaban J connectivity index is 1.60. The summed E-state index contributed by atoms with van der Waals surface area (Å²) in [5, 5.41) is 9.76. The van der Waals surface area contributed by atoms with Gasteiger partial charge in [0.15, 0.2) is 5.60 Å². The maximum Gasteiger partial charge on any atom is 0.307 e. The Morgan fingerprint density at radius 1 is 1.25 bits per heavy atom. The number of ether oxygens (including phenoxy) is 1. The average molecular weight is 352 g/mol. The summed E-state index contributed by atoms with van der Waals surface area (Å²) >= 11 is 5.86. The molecule has 1 N–H and O–H groups in total. The van der Waals surface area contributed by atoms with Crippen LogP contribution < -0.4 is 4.74 Å². The van der Waals surface area contributed by atoms with E-state index in [1.54, 1.807) is 43.0 Å². The van der Waals surface area contributed by atoms with E-state index in [9.17, 15) is 9.59 Å². The third kappa shape index (κ3) is 3.22. The number of hydrogen-bond acceptors (Lipinski definition) is 3. The highest BCUT2D eigenvalue weighted by Gasteiger charge is 2.59. The minimum atomic E-state index is -0.978. The molecule has 1 aliphatic carbocycles. The first-order valence-corrected chi connectivity index (χ1v) is 8.58. The molecule has 2 aliphatic rings. The van der Waals surface area contributed by atoms with Crippen LogP contribution in [-0.4, -0.2) is 40.6 Å². The lowest BCUT2D eigenvalue weighted by Crippen LogP contribution is -2.51. The van der Waals surface area contributed by atoms with Gasteiger partial charge in [-0.05, 0) is 62.8 Å². The van der Waals surface area contributed by atoms with E-state index in [4.69, 9.17) is 21.4 Å². The fourth-order valence-electron chi connectivity index (χ4n) is 3.63. The van der Waals surface area contributed by atoms with E-state index in [0.717, 1.165) is 19.3 Å². The predicted molar refractivity (Wildman–Crippen MR) is 90.1 cm³/mol. The maximum atomic E-state index is 12.8. The van der Waals surface area contributed by atoms with Crippen molar-refractivity contribution < 1.29 is 19.4 Å². The topological polar surface area (TPSA) is 66.8 Å². The summed E-state index contributed by atoms with van der Waals surface area (Å²) < 4.78 is 5.85. The molecule has 1 aliphatic heterocycles. The summed E-state index contributed by atoms with van der Waals surface area (Å²) in [6.07, 6.45) is 2.26. The number of carbonyl (C=O) groups excluding carboxylic acids is 1. The summed E-state index contributed by atoms with van der Waals surface area (Å²) in [6.45, 7) is 4.70. The Bertz CT molecular complexity index is 647. The molecule has 2 fully saturated rings. The van der Waals surface area contributed by atoms with Crippen molar-refractivity contribution >= 4 is 23.5 Å². The lowest BCUT2D eigenvalue weighted by molar-refractivity contribution is -0.147. The lowest BCUT2D eigenvalue weighted by atomic mass is 9.90. The summed E-state index contributed by atoms with van der Waals surface area (Å²) in [4.78, 5) is 25.7. The molecular weight excluding hydrogens is 330 g/mol. The molecule has 0 radical (unpaired) electrons. The number of carboxylic acids is 1. The van der Waals surface area contributed by atoms with Crippen LogP contribution in [-0.2, 0) is 9.59 Å². The first kappa shape index (κ1) is 17.1. The van der Waals surface area contributed by atoms with Crippen LogP contribution in [0.25, 0.3) is 0 Å². The molecule has 130 valence electrons. The Morgan fingerprint density at radius 3 is 2.33 bits per heavy atom. The van der Waals surface area contributed by atoms with Crippen LogP contribution in [0.4, 0.5) is 0 Å². The molecule has 1 saturated carbocycles. The molecule has 1 aromatic carbocycles. The van der Waals surface area contributed by atoms with Crippen molar-refractivity contribution in [2.75, 3.05) is 13.1 Å². The van der Waals surface area contributed by atoms with E-state index >= 15 is 0 Å². The highest BCUT2D eigenvalue weighted by molar-refractivity contribution is 6.30. The normalized spacial score (nSPS) is 22.3. The van der Waals surface area contributed by atoms with Gasteiger partial charge in [-0.1, -0.05) is 11.6 Å². The molecule has 24 heavy (non-hydrogen) atoms. The van der Waals surface area contributed by atoms with Crippen LogP contribution >= 0.6 is 11.6 Å². The lowest BCUT2D eigenvalue weighted by Gasteiger charge is -2.37. The SMILES string of the molecule is CC(C)(Oc1ccc(Cl)cc1)C(=O)N1CCC2(CC1)CC2C(=O)O. The van der Waals surface area contributed by atoms with Gasteiger partial charge in [-0.15, -0.1) is 0 Å². The number of rotatable bonds is 4. The van der Waals surface area contributed by atoms with Crippen molar-refractivity contribution in [3.8, 4) is 5.75 Å². The average Bonchev–Trinajstić information content (AvgIpc) is 3.23.